The first-order valence-electron chi connectivity index (χ1n) is 10.9. The van der Waals surface area contributed by atoms with Crippen molar-refractivity contribution in [3.05, 3.63) is 82.6 Å². The van der Waals surface area contributed by atoms with E-state index < -0.39 is 28.0 Å². The highest BCUT2D eigenvalue weighted by Gasteiger charge is 2.30. The van der Waals surface area contributed by atoms with Crippen LogP contribution in [0.5, 0.6) is 0 Å². The van der Waals surface area contributed by atoms with Gasteiger partial charge in [0.2, 0.25) is 5.95 Å². The summed E-state index contributed by atoms with van der Waals surface area (Å²) >= 11 is 0. The SMILES string of the molecule is CC(C)(C#N)n1cc(Nc2ncc(-c3ccc(C(F)(F)F)cc3)c(Nc3cc([N+](=O)[O-])ccc3F)n2)cn1. The van der Waals surface area contributed by atoms with Crippen molar-refractivity contribution in [2.45, 2.75) is 25.6 Å². The Labute approximate surface area is 212 Å². The quantitative estimate of drug-likeness (QED) is 0.166. The van der Waals surface area contributed by atoms with Crippen LogP contribution in [0.1, 0.15) is 19.4 Å². The van der Waals surface area contributed by atoms with Gasteiger partial charge >= 0.3 is 6.18 Å². The number of nitro groups is 1. The van der Waals surface area contributed by atoms with Crippen molar-refractivity contribution >= 4 is 28.8 Å². The van der Waals surface area contributed by atoms with Crippen LogP contribution in [0.4, 0.5) is 46.4 Å². The van der Waals surface area contributed by atoms with Gasteiger partial charge in [0.05, 0.1) is 40.3 Å². The summed E-state index contributed by atoms with van der Waals surface area (Å²) in [6, 6.07) is 9.14. The van der Waals surface area contributed by atoms with Gasteiger partial charge in [-0.3, -0.25) is 14.8 Å². The predicted octanol–water partition coefficient (Wildman–Crippen LogP) is 6.15. The summed E-state index contributed by atoms with van der Waals surface area (Å²) in [4.78, 5) is 19.0. The highest BCUT2D eigenvalue weighted by molar-refractivity contribution is 5.79. The molecular weight excluding hydrogens is 508 g/mol. The van der Waals surface area contributed by atoms with E-state index in [9.17, 15) is 32.9 Å². The van der Waals surface area contributed by atoms with Crippen LogP contribution in [0.2, 0.25) is 0 Å². The number of hydrogen-bond donors (Lipinski definition) is 2. The second-order valence-electron chi connectivity index (χ2n) is 8.55. The normalized spacial score (nSPS) is 11.6. The second kappa shape index (κ2) is 9.77. The minimum atomic E-state index is -4.54. The van der Waals surface area contributed by atoms with Gasteiger partial charge in [-0.25, -0.2) is 9.37 Å². The van der Waals surface area contributed by atoms with Crippen molar-refractivity contribution in [3.63, 3.8) is 0 Å². The standard InChI is InChI=1S/C24H18F4N8O2/c1-23(2,13-29)35-12-16(10-31-35)32-22-30-11-18(14-3-5-15(6-4-14)24(26,27)28)21(34-22)33-20-9-17(36(37)38)7-8-19(20)25/h3-12H,1-2H3,(H2,30,32,33,34). The first-order valence-corrected chi connectivity index (χ1v) is 10.9. The average Bonchev–Trinajstić information content (AvgIpc) is 3.34. The smallest absolute Gasteiger partial charge is 0.337 e. The lowest BCUT2D eigenvalue weighted by Gasteiger charge is -2.15. The van der Waals surface area contributed by atoms with Crippen LogP contribution >= 0.6 is 0 Å². The molecule has 0 atom stereocenters. The molecule has 0 aliphatic carbocycles. The zero-order valence-electron chi connectivity index (χ0n) is 19.8. The minimum absolute atomic E-state index is 0.00307. The van der Waals surface area contributed by atoms with Gasteiger partial charge in [0, 0.05) is 23.9 Å². The van der Waals surface area contributed by atoms with Crippen molar-refractivity contribution in [2.75, 3.05) is 10.6 Å². The van der Waals surface area contributed by atoms with Gasteiger partial charge in [-0.05, 0) is 37.6 Å². The van der Waals surface area contributed by atoms with Crippen LogP contribution in [-0.4, -0.2) is 24.7 Å². The third kappa shape index (κ3) is 5.51. The Morgan fingerprint density at radius 2 is 1.79 bits per heavy atom. The van der Waals surface area contributed by atoms with Crippen LogP contribution < -0.4 is 10.6 Å². The Morgan fingerprint density at radius 1 is 1.08 bits per heavy atom. The molecule has 0 amide bonds. The maximum Gasteiger partial charge on any atom is 0.416 e. The summed E-state index contributed by atoms with van der Waals surface area (Å²) in [6.07, 6.45) is -0.261. The van der Waals surface area contributed by atoms with E-state index in [1.165, 1.54) is 29.2 Å². The molecule has 0 saturated carbocycles. The topological polar surface area (TPSA) is 135 Å². The van der Waals surface area contributed by atoms with E-state index >= 15 is 0 Å². The molecule has 2 aromatic carbocycles. The number of nitrogens with one attached hydrogen (secondary N) is 2. The van der Waals surface area contributed by atoms with E-state index in [0.717, 1.165) is 30.3 Å². The van der Waals surface area contributed by atoms with Crippen LogP contribution in [0.25, 0.3) is 11.1 Å². The summed E-state index contributed by atoms with van der Waals surface area (Å²) in [5, 5.41) is 30.2. The highest BCUT2D eigenvalue weighted by atomic mass is 19.4. The maximum absolute atomic E-state index is 14.5. The second-order valence-corrected chi connectivity index (χ2v) is 8.55. The fourth-order valence-corrected chi connectivity index (χ4v) is 3.31. The van der Waals surface area contributed by atoms with Crippen molar-refractivity contribution < 1.29 is 22.5 Å². The summed E-state index contributed by atoms with van der Waals surface area (Å²) in [5.74, 6) is -0.850. The Kier molecular flexibility index (Phi) is 6.69. The summed E-state index contributed by atoms with van der Waals surface area (Å²) in [5.41, 5.74) is -1.55. The number of rotatable bonds is 7. The summed E-state index contributed by atoms with van der Waals surface area (Å²) < 4.78 is 55.0. The van der Waals surface area contributed by atoms with E-state index in [0.29, 0.717) is 5.69 Å². The van der Waals surface area contributed by atoms with Crippen LogP contribution in [0.3, 0.4) is 0 Å². The molecule has 4 aromatic rings. The molecule has 0 fully saturated rings. The number of nitrogens with zero attached hydrogens (tertiary/aromatic N) is 6. The van der Waals surface area contributed by atoms with Crippen LogP contribution in [-0.2, 0) is 11.7 Å². The van der Waals surface area contributed by atoms with Gasteiger partial charge in [-0.2, -0.15) is 28.5 Å². The molecule has 0 spiro atoms. The first-order chi connectivity index (χ1) is 17.9. The number of nitriles is 1. The van der Waals surface area contributed by atoms with E-state index in [4.69, 9.17) is 0 Å². The molecule has 0 aliphatic rings. The molecule has 10 nitrogen and oxygen atoms in total. The molecule has 14 heteroatoms. The number of nitro benzene ring substituents is 1. The number of benzene rings is 2. The van der Waals surface area contributed by atoms with Crippen molar-refractivity contribution in [1.29, 1.82) is 5.26 Å². The van der Waals surface area contributed by atoms with Crippen molar-refractivity contribution in [1.82, 2.24) is 19.7 Å². The minimum Gasteiger partial charge on any atom is -0.337 e. The molecule has 0 bridgehead atoms. The van der Waals surface area contributed by atoms with Gasteiger partial charge in [0.15, 0.2) is 0 Å². The lowest BCUT2D eigenvalue weighted by molar-refractivity contribution is -0.384. The molecule has 2 N–H and O–H groups in total. The molecule has 2 aromatic heterocycles. The van der Waals surface area contributed by atoms with E-state index in [1.807, 2.05) is 0 Å². The molecule has 0 unspecified atom stereocenters. The van der Waals surface area contributed by atoms with Crippen molar-refractivity contribution in [3.8, 4) is 17.2 Å². The molecular formula is C24H18F4N8O2. The monoisotopic (exact) mass is 526 g/mol. The highest BCUT2D eigenvalue weighted by Crippen LogP contribution is 2.35. The van der Waals surface area contributed by atoms with Crippen LogP contribution in [0, 0.1) is 27.3 Å². The number of anilines is 4. The molecule has 0 aliphatic heterocycles. The third-order valence-corrected chi connectivity index (χ3v) is 5.41. The molecule has 2 heterocycles. The fourth-order valence-electron chi connectivity index (χ4n) is 3.31. The Bertz CT molecular complexity index is 1540. The number of aromatic nitrogens is 4. The van der Waals surface area contributed by atoms with Crippen molar-refractivity contribution in [2.24, 2.45) is 0 Å². The molecule has 0 saturated heterocycles. The first kappa shape index (κ1) is 26.0. The van der Waals surface area contributed by atoms with Gasteiger partial charge in [-0.15, -0.1) is 0 Å². The lowest BCUT2D eigenvalue weighted by Crippen LogP contribution is -2.24. The number of non-ortho nitro benzene ring substituents is 1. The molecule has 0 radical (unpaired) electrons. The van der Waals surface area contributed by atoms with Gasteiger partial charge in [-0.1, -0.05) is 12.1 Å². The van der Waals surface area contributed by atoms with E-state index in [2.05, 4.69) is 31.8 Å². The summed E-state index contributed by atoms with van der Waals surface area (Å²) in [6.45, 7) is 3.32. The third-order valence-electron chi connectivity index (χ3n) is 5.41. The number of halogens is 4. The molecule has 194 valence electrons. The zero-order chi connectivity index (χ0) is 27.7. The maximum atomic E-state index is 14.5. The van der Waals surface area contributed by atoms with Gasteiger partial charge in [0.1, 0.15) is 17.2 Å². The molecule has 4 rings (SSSR count). The Hall–Kier alpha value is -5.06. The predicted molar refractivity (Wildman–Crippen MR) is 129 cm³/mol. The fraction of sp³-hybridized carbons (Fsp3) is 0.167. The Balaban J connectivity index is 1.75. The van der Waals surface area contributed by atoms with Crippen LogP contribution in [0.15, 0.2) is 61.1 Å². The number of hydrogen-bond acceptors (Lipinski definition) is 8. The molecule has 38 heavy (non-hydrogen) atoms. The van der Waals surface area contributed by atoms with E-state index in [-0.39, 0.29) is 34.3 Å². The largest absolute Gasteiger partial charge is 0.416 e. The number of alkyl halides is 3. The van der Waals surface area contributed by atoms with E-state index in [1.54, 1.807) is 20.0 Å². The lowest BCUT2D eigenvalue weighted by atomic mass is 10.1. The zero-order valence-corrected chi connectivity index (χ0v) is 19.8. The average molecular weight is 526 g/mol. The summed E-state index contributed by atoms with van der Waals surface area (Å²) in [7, 11) is 0. The Morgan fingerprint density at radius 3 is 2.42 bits per heavy atom. The van der Waals surface area contributed by atoms with Gasteiger partial charge in [0.25, 0.3) is 5.69 Å². The van der Waals surface area contributed by atoms with Gasteiger partial charge < -0.3 is 10.6 Å².